The number of rotatable bonds is 8. The Kier molecular flexibility index (Phi) is 6.87. The number of aromatic nitrogens is 1. The average molecular weight is 375 g/mol. The van der Waals surface area contributed by atoms with Crippen molar-refractivity contribution in [3.63, 3.8) is 0 Å². The summed E-state index contributed by atoms with van der Waals surface area (Å²) in [6, 6.07) is 5.83. The molecule has 6 nitrogen and oxygen atoms in total. The average Bonchev–Trinajstić information content (AvgIpc) is 2.94. The molecule has 1 heterocycles. The van der Waals surface area contributed by atoms with E-state index in [-0.39, 0.29) is 24.5 Å². The van der Waals surface area contributed by atoms with Crippen molar-refractivity contribution in [2.24, 2.45) is 0 Å². The van der Waals surface area contributed by atoms with Crippen molar-refractivity contribution in [1.82, 2.24) is 4.98 Å². The van der Waals surface area contributed by atoms with E-state index in [0.717, 1.165) is 5.56 Å². The molecule has 2 aromatic rings. The topological polar surface area (TPSA) is 85.5 Å². The summed E-state index contributed by atoms with van der Waals surface area (Å²) in [7, 11) is 0. The van der Waals surface area contributed by atoms with Crippen LogP contribution in [-0.4, -0.2) is 35.9 Å². The number of aryl methyl sites for hydroxylation is 2. The summed E-state index contributed by atoms with van der Waals surface area (Å²) in [5.41, 5.74) is 2.34. The van der Waals surface area contributed by atoms with E-state index in [9.17, 15) is 18.8 Å². The van der Waals surface area contributed by atoms with Gasteiger partial charge in [-0.3, -0.25) is 9.59 Å². The third-order valence-electron chi connectivity index (χ3n) is 4.09. The molecule has 0 saturated heterocycles. The Balaban J connectivity index is 1.92. The first-order valence-corrected chi connectivity index (χ1v) is 8.63. The predicted molar refractivity (Wildman–Crippen MR) is 96.2 cm³/mol. The molecule has 2 rings (SSSR count). The maximum absolute atomic E-state index is 12.9. The number of hydrogen-bond donors (Lipinski definition) is 1. The molecule has 0 fully saturated rings. The van der Waals surface area contributed by atoms with E-state index in [4.69, 9.17) is 9.47 Å². The fourth-order valence-corrected chi connectivity index (χ4v) is 2.76. The number of esters is 2. The number of carbonyl (C=O) groups is 3. The van der Waals surface area contributed by atoms with E-state index in [1.807, 2.05) is 0 Å². The van der Waals surface area contributed by atoms with Gasteiger partial charge in [-0.15, -0.1) is 0 Å². The SMILES string of the molecule is CCOC(=O)c1[nH]c(C)c(C(=O)COC(=O)CCc2ccc(F)cc2)c1C. The van der Waals surface area contributed by atoms with Crippen molar-refractivity contribution in [2.45, 2.75) is 33.6 Å². The molecule has 1 aromatic carbocycles. The summed E-state index contributed by atoms with van der Waals surface area (Å²) in [4.78, 5) is 39.0. The second kappa shape index (κ2) is 9.12. The van der Waals surface area contributed by atoms with E-state index >= 15 is 0 Å². The third-order valence-corrected chi connectivity index (χ3v) is 4.09. The van der Waals surface area contributed by atoms with Crippen LogP contribution in [0.2, 0.25) is 0 Å². The van der Waals surface area contributed by atoms with Gasteiger partial charge in [0, 0.05) is 17.7 Å². The Labute approximate surface area is 156 Å². The van der Waals surface area contributed by atoms with Crippen LogP contribution in [0.15, 0.2) is 24.3 Å². The van der Waals surface area contributed by atoms with Crippen LogP contribution in [0.5, 0.6) is 0 Å². The number of nitrogens with one attached hydrogen (secondary N) is 1. The molecule has 0 unspecified atom stereocenters. The van der Waals surface area contributed by atoms with Crippen LogP contribution in [0.1, 0.15) is 51.0 Å². The number of hydrogen-bond acceptors (Lipinski definition) is 5. The van der Waals surface area contributed by atoms with E-state index in [1.54, 1.807) is 32.9 Å². The van der Waals surface area contributed by atoms with Crippen LogP contribution < -0.4 is 0 Å². The number of ketones is 1. The largest absolute Gasteiger partial charge is 0.461 e. The highest BCUT2D eigenvalue weighted by Crippen LogP contribution is 2.19. The lowest BCUT2D eigenvalue weighted by Gasteiger charge is -2.06. The Morgan fingerprint density at radius 1 is 1.07 bits per heavy atom. The number of carbonyl (C=O) groups excluding carboxylic acids is 3. The lowest BCUT2D eigenvalue weighted by atomic mass is 10.1. The molecule has 0 bridgehead atoms. The van der Waals surface area contributed by atoms with E-state index in [2.05, 4.69) is 4.98 Å². The minimum absolute atomic E-state index is 0.0814. The molecule has 0 aliphatic carbocycles. The van der Waals surface area contributed by atoms with Crippen molar-refractivity contribution in [2.75, 3.05) is 13.2 Å². The van der Waals surface area contributed by atoms with Crippen LogP contribution >= 0.6 is 0 Å². The molecule has 0 saturated carbocycles. The Hall–Kier alpha value is -2.96. The van der Waals surface area contributed by atoms with Crippen molar-refractivity contribution in [3.8, 4) is 0 Å². The fraction of sp³-hybridized carbons (Fsp3) is 0.350. The number of halogens is 1. The van der Waals surface area contributed by atoms with Gasteiger partial charge in [0.2, 0.25) is 5.78 Å². The number of benzene rings is 1. The van der Waals surface area contributed by atoms with Gasteiger partial charge in [0.15, 0.2) is 6.61 Å². The lowest BCUT2D eigenvalue weighted by molar-refractivity contribution is -0.142. The van der Waals surface area contributed by atoms with E-state index in [1.165, 1.54) is 12.1 Å². The van der Waals surface area contributed by atoms with Gasteiger partial charge < -0.3 is 14.5 Å². The third kappa shape index (κ3) is 5.26. The maximum Gasteiger partial charge on any atom is 0.355 e. The van der Waals surface area contributed by atoms with Crippen molar-refractivity contribution < 1.29 is 28.2 Å². The molecule has 0 amide bonds. The minimum Gasteiger partial charge on any atom is -0.461 e. The number of aromatic amines is 1. The highest BCUT2D eigenvalue weighted by molar-refractivity contribution is 6.03. The molecular formula is C20H22FNO5. The highest BCUT2D eigenvalue weighted by Gasteiger charge is 2.23. The van der Waals surface area contributed by atoms with Gasteiger partial charge in [-0.25, -0.2) is 9.18 Å². The smallest absolute Gasteiger partial charge is 0.355 e. The summed E-state index contributed by atoms with van der Waals surface area (Å²) in [6.07, 6.45) is 0.473. The molecule has 0 atom stereocenters. The normalized spacial score (nSPS) is 10.5. The van der Waals surface area contributed by atoms with E-state index in [0.29, 0.717) is 23.2 Å². The molecule has 144 valence electrons. The molecule has 0 aliphatic rings. The highest BCUT2D eigenvalue weighted by atomic mass is 19.1. The summed E-state index contributed by atoms with van der Waals surface area (Å²) in [5.74, 6) is -1.80. The number of ether oxygens (including phenoxy) is 2. The van der Waals surface area contributed by atoms with Crippen LogP contribution in [0.25, 0.3) is 0 Å². The molecule has 27 heavy (non-hydrogen) atoms. The van der Waals surface area contributed by atoms with Crippen LogP contribution in [0, 0.1) is 19.7 Å². The first-order chi connectivity index (χ1) is 12.8. The van der Waals surface area contributed by atoms with Gasteiger partial charge in [0.25, 0.3) is 0 Å². The first kappa shape index (κ1) is 20.4. The summed E-state index contributed by atoms with van der Waals surface area (Å²) < 4.78 is 22.8. The van der Waals surface area contributed by atoms with Crippen molar-refractivity contribution >= 4 is 17.7 Å². The zero-order chi connectivity index (χ0) is 20.0. The van der Waals surface area contributed by atoms with Gasteiger partial charge in [-0.2, -0.15) is 0 Å². The molecule has 0 radical (unpaired) electrons. The van der Waals surface area contributed by atoms with Gasteiger partial charge in [-0.1, -0.05) is 12.1 Å². The van der Waals surface area contributed by atoms with Crippen LogP contribution in [-0.2, 0) is 20.7 Å². The molecule has 7 heteroatoms. The second-order valence-corrected chi connectivity index (χ2v) is 6.06. The lowest BCUT2D eigenvalue weighted by Crippen LogP contribution is -2.16. The van der Waals surface area contributed by atoms with Gasteiger partial charge in [0.05, 0.1) is 6.61 Å². The zero-order valence-electron chi connectivity index (χ0n) is 15.6. The van der Waals surface area contributed by atoms with Crippen LogP contribution in [0.3, 0.4) is 0 Å². The monoisotopic (exact) mass is 375 g/mol. The Morgan fingerprint density at radius 2 is 1.74 bits per heavy atom. The predicted octanol–water partition coefficient (Wildman–Crippen LogP) is 3.31. The second-order valence-electron chi connectivity index (χ2n) is 6.06. The first-order valence-electron chi connectivity index (χ1n) is 8.63. The van der Waals surface area contributed by atoms with Crippen molar-refractivity contribution in [3.05, 3.63) is 58.2 Å². The standard InChI is InChI=1S/C20H22FNO5/c1-4-26-20(25)19-12(2)18(13(3)22-19)16(23)11-27-17(24)10-7-14-5-8-15(21)9-6-14/h5-6,8-9,22H,4,7,10-11H2,1-3H3. The van der Waals surface area contributed by atoms with Gasteiger partial charge in [-0.05, 0) is 50.5 Å². The minimum atomic E-state index is -0.534. The molecule has 1 aromatic heterocycles. The molecule has 0 aliphatic heterocycles. The zero-order valence-corrected chi connectivity index (χ0v) is 15.6. The van der Waals surface area contributed by atoms with Crippen LogP contribution in [0.4, 0.5) is 4.39 Å². The number of Topliss-reactive ketones (excluding diaryl/α,β-unsaturated/α-hetero) is 1. The molecular weight excluding hydrogens is 353 g/mol. The Bertz CT molecular complexity index is 839. The van der Waals surface area contributed by atoms with Gasteiger partial charge >= 0.3 is 11.9 Å². The van der Waals surface area contributed by atoms with Gasteiger partial charge in [0.1, 0.15) is 11.5 Å². The maximum atomic E-state index is 12.9. The summed E-state index contributed by atoms with van der Waals surface area (Å²) in [5, 5.41) is 0. The number of H-pyrrole nitrogens is 1. The molecule has 0 spiro atoms. The Morgan fingerprint density at radius 3 is 2.37 bits per heavy atom. The fourth-order valence-electron chi connectivity index (χ4n) is 2.76. The van der Waals surface area contributed by atoms with E-state index < -0.39 is 24.3 Å². The molecule has 1 N–H and O–H groups in total. The summed E-state index contributed by atoms with van der Waals surface area (Å²) in [6.45, 7) is 4.81. The summed E-state index contributed by atoms with van der Waals surface area (Å²) >= 11 is 0. The van der Waals surface area contributed by atoms with Crippen molar-refractivity contribution in [1.29, 1.82) is 0 Å². The quantitative estimate of drug-likeness (QED) is 0.565.